The molecule has 1 aromatic rings. The Kier molecular flexibility index (Phi) is 7.89. The minimum Gasteiger partial charge on any atom is -0.376 e. The van der Waals surface area contributed by atoms with Crippen molar-refractivity contribution in [1.29, 1.82) is 0 Å². The van der Waals surface area contributed by atoms with Crippen LogP contribution in [0.2, 0.25) is 0 Å². The molecule has 0 spiro atoms. The molecule has 7 heteroatoms. The molecule has 6 nitrogen and oxygen atoms in total. The molecule has 142 valence electrons. The van der Waals surface area contributed by atoms with E-state index in [4.69, 9.17) is 0 Å². The highest BCUT2D eigenvalue weighted by Crippen LogP contribution is 2.23. The molecule has 0 aliphatic rings. The average Bonchev–Trinajstić information content (AvgIpc) is 2.54. The predicted molar refractivity (Wildman–Crippen MR) is 102 cm³/mol. The molecular formula is C18H31N3O3S. The third-order valence-corrected chi connectivity index (χ3v) is 6.54. The molecule has 0 aliphatic heterocycles. The van der Waals surface area contributed by atoms with Crippen LogP contribution < -0.4 is 10.6 Å². The second-order valence-electron chi connectivity index (χ2n) is 6.52. The second kappa shape index (κ2) is 9.20. The van der Waals surface area contributed by atoms with Crippen LogP contribution >= 0.6 is 0 Å². The van der Waals surface area contributed by atoms with Gasteiger partial charge in [0.1, 0.15) is 0 Å². The van der Waals surface area contributed by atoms with E-state index in [2.05, 4.69) is 10.6 Å². The van der Waals surface area contributed by atoms with E-state index in [-0.39, 0.29) is 23.4 Å². The number of hydrogen-bond donors (Lipinski definition) is 2. The Morgan fingerprint density at radius 2 is 1.76 bits per heavy atom. The summed E-state index contributed by atoms with van der Waals surface area (Å²) in [5.74, 6) is 0.240. The molecule has 0 heterocycles. The number of hydrogen-bond acceptors (Lipinski definition) is 4. The maximum Gasteiger partial charge on any atom is 0.243 e. The normalized spacial score (nSPS) is 13.1. The molecule has 0 saturated carbocycles. The molecule has 0 aromatic heterocycles. The summed E-state index contributed by atoms with van der Waals surface area (Å²) in [5.41, 5.74) is 1.30. The second-order valence-corrected chi connectivity index (χ2v) is 8.43. The first-order valence-electron chi connectivity index (χ1n) is 8.77. The molecule has 0 radical (unpaired) electrons. The molecule has 1 rings (SSSR count). The lowest BCUT2D eigenvalue weighted by Gasteiger charge is -2.21. The zero-order valence-corrected chi connectivity index (χ0v) is 16.9. The van der Waals surface area contributed by atoms with Crippen LogP contribution in [0.15, 0.2) is 23.1 Å². The van der Waals surface area contributed by atoms with E-state index in [9.17, 15) is 13.2 Å². The van der Waals surface area contributed by atoms with Gasteiger partial charge in [-0.3, -0.25) is 4.79 Å². The van der Waals surface area contributed by atoms with Crippen LogP contribution in [0.5, 0.6) is 0 Å². The van der Waals surface area contributed by atoms with Gasteiger partial charge in [-0.1, -0.05) is 33.8 Å². The summed E-state index contributed by atoms with van der Waals surface area (Å²) in [6, 6.07) is 5.23. The van der Waals surface area contributed by atoms with E-state index < -0.39 is 10.0 Å². The fourth-order valence-corrected chi connectivity index (χ4v) is 4.05. The highest BCUT2D eigenvalue weighted by molar-refractivity contribution is 7.89. The minimum absolute atomic E-state index is 0.0888. The maximum absolute atomic E-state index is 12.7. The lowest BCUT2D eigenvalue weighted by Crippen LogP contribution is -2.39. The SMILES string of the molecule is CCN(CC)S(=O)(=O)c1cc(NCC(=O)NC(C)C(C)C)ccc1C. The van der Waals surface area contributed by atoms with E-state index in [1.165, 1.54) is 4.31 Å². The molecule has 0 fully saturated rings. The highest BCUT2D eigenvalue weighted by atomic mass is 32.2. The zero-order valence-electron chi connectivity index (χ0n) is 16.1. The summed E-state index contributed by atoms with van der Waals surface area (Å²) in [7, 11) is -3.53. The Labute approximate surface area is 152 Å². The summed E-state index contributed by atoms with van der Waals surface area (Å²) in [4.78, 5) is 12.3. The number of carbonyl (C=O) groups excluding carboxylic acids is 1. The smallest absolute Gasteiger partial charge is 0.243 e. The van der Waals surface area contributed by atoms with Crippen molar-refractivity contribution in [1.82, 2.24) is 9.62 Å². The van der Waals surface area contributed by atoms with Gasteiger partial charge in [-0.25, -0.2) is 8.42 Å². The first-order valence-corrected chi connectivity index (χ1v) is 10.2. The zero-order chi connectivity index (χ0) is 19.2. The van der Waals surface area contributed by atoms with Gasteiger partial charge in [-0.15, -0.1) is 0 Å². The Hall–Kier alpha value is -1.60. The highest BCUT2D eigenvalue weighted by Gasteiger charge is 2.23. The standard InChI is InChI=1S/C18H31N3O3S/c1-7-21(8-2)25(23,24)17-11-16(10-9-14(17)5)19-12-18(22)20-15(6)13(3)4/h9-11,13,15,19H,7-8,12H2,1-6H3,(H,20,22). The molecule has 1 amide bonds. The number of carbonyl (C=O) groups is 1. The third-order valence-electron chi connectivity index (χ3n) is 4.35. The molecule has 25 heavy (non-hydrogen) atoms. The lowest BCUT2D eigenvalue weighted by atomic mass is 10.1. The predicted octanol–water partition coefficient (Wildman–Crippen LogP) is 2.60. The Balaban J connectivity index is 2.90. The summed E-state index contributed by atoms with van der Waals surface area (Å²) >= 11 is 0. The summed E-state index contributed by atoms with van der Waals surface area (Å²) < 4.78 is 26.9. The molecular weight excluding hydrogens is 338 g/mol. The van der Waals surface area contributed by atoms with Gasteiger partial charge >= 0.3 is 0 Å². The van der Waals surface area contributed by atoms with Crippen LogP contribution in [0.25, 0.3) is 0 Å². The largest absolute Gasteiger partial charge is 0.376 e. The van der Waals surface area contributed by atoms with E-state index in [1.54, 1.807) is 25.1 Å². The van der Waals surface area contributed by atoms with Gasteiger partial charge in [-0.2, -0.15) is 4.31 Å². The van der Waals surface area contributed by atoms with Gasteiger partial charge in [0, 0.05) is 24.8 Å². The topological polar surface area (TPSA) is 78.5 Å². The summed E-state index contributed by atoms with van der Waals surface area (Å²) in [6.07, 6.45) is 0. The van der Waals surface area contributed by atoms with Crippen LogP contribution in [0, 0.1) is 12.8 Å². The third kappa shape index (κ3) is 5.71. The van der Waals surface area contributed by atoms with Crippen molar-refractivity contribution in [3.63, 3.8) is 0 Å². The minimum atomic E-state index is -3.53. The monoisotopic (exact) mass is 369 g/mol. The molecule has 1 unspecified atom stereocenters. The number of nitrogens with zero attached hydrogens (tertiary/aromatic N) is 1. The van der Waals surface area contributed by atoms with Gasteiger partial charge in [0.2, 0.25) is 15.9 Å². The van der Waals surface area contributed by atoms with E-state index in [1.807, 2.05) is 34.6 Å². The number of amides is 1. The first kappa shape index (κ1) is 21.4. The van der Waals surface area contributed by atoms with Crippen molar-refractivity contribution in [3.05, 3.63) is 23.8 Å². The van der Waals surface area contributed by atoms with Crippen LogP contribution in [0.3, 0.4) is 0 Å². The number of benzene rings is 1. The fourth-order valence-electron chi connectivity index (χ4n) is 2.34. The first-order chi connectivity index (χ1) is 11.6. The molecule has 1 aromatic carbocycles. The van der Waals surface area contributed by atoms with Crippen molar-refractivity contribution in [2.24, 2.45) is 5.92 Å². The van der Waals surface area contributed by atoms with E-state index >= 15 is 0 Å². The quantitative estimate of drug-likeness (QED) is 0.701. The van der Waals surface area contributed by atoms with Crippen molar-refractivity contribution < 1.29 is 13.2 Å². The van der Waals surface area contributed by atoms with Crippen LogP contribution in [-0.2, 0) is 14.8 Å². The van der Waals surface area contributed by atoms with Crippen molar-refractivity contribution >= 4 is 21.6 Å². The van der Waals surface area contributed by atoms with Gasteiger partial charge in [-0.05, 0) is 37.5 Å². The Bertz CT molecular complexity index is 683. The summed E-state index contributed by atoms with van der Waals surface area (Å²) in [5, 5.41) is 5.92. The van der Waals surface area contributed by atoms with E-state index in [0.29, 0.717) is 30.3 Å². The molecule has 0 bridgehead atoms. The van der Waals surface area contributed by atoms with Crippen molar-refractivity contribution in [2.45, 2.75) is 52.5 Å². The molecule has 0 aliphatic carbocycles. The van der Waals surface area contributed by atoms with Crippen molar-refractivity contribution in [3.8, 4) is 0 Å². The van der Waals surface area contributed by atoms with Crippen molar-refractivity contribution in [2.75, 3.05) is 25.0 Å². The lowest BCUT2D eigenvalue weighted by molar-refractivity contribution is -0.120. The molecule has 1 atom stereocenters. The van der Waals surface area contributed by atoms with Crippen LogP contribution in [0.1, 0.15) is 40.2 Å². The van der Waals surface area contributed by atoms with Gasteiger partial charge in [0.05, 0.1) is 11.4 Å². The van der Waals surface area contributed by atoms with Gasteiger partial charge in [0.25, 0.3) is 0 Å². The van der Waals surface area contributed by atoms with Crippen LogP contribution in [0.4, 0.5) is 5.69 Å². The van der Waals surface area contributed by atoms with Gasteiger partial charge in [0.15, 0.2) is 0 Å². The average molecular weight is 370 g/mol. The number of nitrogens with one attached hydrogen (secondary N) is 2. The number of aryl methyl sites for hydroxylation is 1. The fraction of sp³-hybridized carbons (Fsp3) is 0.611. The van der Waals surface area contributed by atoms with E-state index in [0.717, 1.165) is 0 Å². The Morgan fingerprint density at radius 1 is 1.16 bits per heavy atom. The number of rotatable bonds is 9. The maximum atomic E-state index is 12.7. The number of sulfonamides is 1. The Morgan fingerprint density at radius 3 is 2.28 bits per heavy atom. The number of anilines is 1. The summed E-state index contributed by atoms with van der Waals surface area (Å²) in [6.45, 7) is 12.4. The van der Waals surface area contributed by atoms with Crippen LogP contribution in [-0.4, -0.2) is 44.3 Å². The van der Waals surface area contributed by atoms with Gasteiger partial charge < -0.3 is 10.6 Å². The molecule has 2 N–H and O–H groups in total. The molecule has 0 saturated heterocycles.